The highest BCUT2D eigenvalue weighted by atomic mass is 16.6. The molecule has 2 rings (SSSR count). The Morgan fingerprint density at radius 2 is 1.90 bits per heavy atom. The van der Waals surface area contributed by atoms with Crippen LogP contribution in [0.15, 0.2) is 55.6 Å². The lowest BCUT2D eigenvalue weighted by Gasteiger charge is -2.55. The van der Waals surface area contributed by atoms with Crippen molar-refractivity contribution in [2.75, 3.05) is 0 Å². The van der Waals surface area contributed by atoms with Gasteiger partial charge < -0.3 is 9.47 Å². The molecule has 0 N–H and O–H groups in total. The van der Waals surface area contributed by atoms with Crippen LogP contribution in [0.3, 0.4) is 0 Å². The highest BCUT2D eigenvalue weighted by Gasteiger charge is 2.58. The van der Waals surface area contributed by atoms with Crippen LogP contribution in [-0.2, 0) is 20.9 Å². The largest absolute Gasteiger partial charge is 0.458 e. The Morgan fingerprint density at radius 1 is 1.24 bits per heavy atom. The Hall–Kier alpha value is -1.87. The fourth-order valence-corrected chi connectivity index (χ4v) is 2.93. The Labute approximate surface area is 126 Å². The number of hydrogen-bond acceptors (Lipinski definition) is 3. The van der Waals surface area contributed by atoms with Crippen LogP contribution in [0.1, 0.15) is 19.4 Å². The summed E-state index contributed by atoms with van der Waals surface area (Å²) in [5, 5.41) is 0. The highest BCUT2D eigenvalue weighted by Crippen LogP contribution is 2.50. The Balaban J connectivity index is 2.01. The van der Waals surface area contributed by atoms with E-state index in [4.69, 9.17) is 9.47 Å². The minimum atomic E-state index is -0.401. The van der Waals surface area contributed by atoms with E-state index in [1.165, 1.54) is 6.08 Å². The van der Waals surface area contributed by atoms with E-state index in [0.29, 0.717) is 6.61 Å². The first-order valence-corrected chi connectivity index (χ1v) is 7.12. The molecule has 0 amide bonds. The van der Waals surface area contributed by atoms with Crippen LogP contribution in [0.2, 0.25) is 0 Å². The second kappa shape index (κ2) is 6.27. The molecule has 0 aliphatic heterocycles. The summed E-state index contributed by atoms with van der Waals surface area (Å²) in [6.07, 6.45) is 2.76. The van der Waals surface area contributed by atoms with Gasteiger partial charge in [-0.3, -0.25) is 0 Å². The zero-order valence-corrected chi connectivity index (χ0v) is 12.6. The van der Waals surface area contributed by atoms with E-state index in [1.54, 1.807) is 0 Å². The van der Waals surface area contributed by atoms with Crippen molar-refractivity contribution in [1.82, 2.24) is 0 Å². The van der Waals surface area contributed by atoms with Gasteiger partial charge in [0.1, 0.15) is 6.10 Å². The number of rotatable bonds is 6. The Bertz CT molecular complexity index is 519. The molecule has 21 heavy (non-hydrogen) atoms. The number of ether oxygens (including phenoxy) is 2. The van der Waals surface area contributed by atoms with Crippen LogP contribution < -0.4 is 0 Å². The van der Waals surface area contributed by atoms with Crippen molar-refractivity contribution >= 4 is 5.97 Å². The molecule has 0 aromatic heterocycles. The lowest BCUT2D eigenvalue weighted by Crippen LogP contribution is -2.63. The van der Waals surface area contributed by atoms with E-state index in [9.17, 15) is 4.79 Å². The fraction of sp³-hybridized carbons (Fsp3) is 0.389. The monoisotopic (exact) mass is 286 g/mol. The summed E-state index contributed by atoms with van der Waals surface area (Å²) >= 11 is 0. The van der Waals surface area contributed by atoms with E-state index in [1.807, 2.05) is 50.3 Å². The molecule has 3 heteroatoms. The van der Waals surface area contributed by atoms with Gasteiger partial charge in [-0.1, -0.05) is 56.8 Å². The number of carbonyl (C=O) groups excluding carboxylic acids is 1. The summed E-state index contributed by atoms with van der Waals surface area (Å²) in [4.78, 5) is 11.4. The predicted molar refractivity (Wildman–Crippen MR) is 82.6 cm³/mol. The van der Waals surface area contributed by atoms with Gasteiger partial charge >= 0.3 is 5.97 Å². The number of hydrogen-bond donors (Lipinski definition) is 0. The normalized spacial score (nSPS) is 26.5. The molecule has 3 nitrogen and oxygen atoms in total. The van der Waals surface area contributed by atoms with E-state index in [-0.39, 0.29) is 23.5 Å². The molecule has 1 aliphatic rings. The smallest absolute Gasteiger partial charge is 0.330 e. The average molecular weight is 286 g/mol. The molecule has 0 radical (unpaired) electrons. The number of benzene rings is 1. The molecule has 1 aliphatic carbocycles. The van der Waals surface area contributed by atoms with E-state index >= 15 is 0 Å². The van der Waals surface area contributed by atoms with Crippen molar-refractivity contribution < 1.29 is 14.3 Å². The maximum Gasteiger partial charge on any atom is 0.330 e. The maximum atomic E-state index is 11.4. The van der Waals surface area contributed by atoms with Crippen molar-refractivity contribution in [2.45, 2.75) is 32.7 Å². The lowest BCUT2D eigenvalue weighted by molar-refractivity contribution is -0.226. The van der Waals surface area contributed by atoms with E-state index < -0.39 is 5.97 Å². The predicted octanol–water partition coefficient (Wildman–Crippen LogP) is 3.51. The van der Waals surface area contributed by atoms with Crippen LogP contribution >= 0.6 is 0 Å². The quantitative estimate of drug-likeness (QED) is 0.456. The lowest BCUT2D eigenvalue weighted by atomic mass is 9.58. The molecular weight excluding hydrogens is 264 g/mol. The van der Waals surface area contributed by atoms with Gasteiger partial charge in [0.25, 0.3) is 0 Å². The molecule has 1 aromatic carbocycles. The minimum absolute atomic E-state index is 0.00705. The SMILES string of the molecule is C=CC(=O)O[C@H]1[C@@H](C=C)[C@H](OCc2ccccc2)C1(C)C. The molecule has 1 fully saturated rings. The molecule has 0 bridgehead atoms. The summed E-state index contributed by atoms with van der Waals surface area (Å²) < 4.78 is 11.5. The van der Waals surface area contributed by atoms with Crippen molar-refractivity contribution in [3.8, 4) is 0 Å². The molecule has 0 heterocycles. The highest BCUT2D eigenvalue weighted by molar-refractivity contribution is 5.81. The zero-order chi connectivity index (χ0) is 15.5. The first kappa shape index (κ1) is 15.5. The number of carbonyl (C=O) groups is 1. The first-order valence-electron chi connectivity index (χ1n) is 7.12. The fourth-order valence-electron chi connectivity index (χ4n) is 2.93. The van der Waals surface area contributed by atoms with Gasteiger partial charge in [0.05, 0.1) is 12.7 Å². The van der Waals surface area contributed by atoms with Crippen molar-refractivity contribution in [3.05, 3.63) is 61.2 Å². The summed E-state index contributed by atoms with van der Waals surface area (Å²) in [5.74, 6) is -0.394. The molecule has 0 spiro atoms. The first-order chi connectivity index (χ1) is 10.0. The molecule has 3 atom stereocenters. The standard InChI is InChI=1S/C18H22O3/c1-5-14-16(20-12-13-10-8-7-9-11-13)18(3,4)17(14)21-15(19)6-2/h5-11,14,16-17H,1-2,12H2,3-4H3/t14-,16-,17-/m0/s1. The van der Waals surface area contributed by atoms with E-state index in [2.05, 4.69) is 13.2 Å². The van der Waals surface area contributed by atoms with Gasteiger partial charge in [0.15, 0.2) is 0 Å². The van der Waals surface area contributed by atoms with Crippen molar-refractivity contribution in [3.63, 3.8) is 0 Å². The van der Waals surface area contributed by atoms with E-state index in [0.717, 1.165) is 5.56 Å². The van der Waals surface area contributed by atoms with Crippen molar-refractivity contribution in [1.29, 1.82) is 0 Å². The van der Waals surface area contributed by atoms with Crippen LogP contribution in [0, 0.1) is 11.3 Å². The topological polar surface area (TPSA) is 35.5 Å². The third kappa shape index (κ3) is 3.08. The zero-order valence-electron chi connectivity index (χ0n) is 12.6. The third-order valence-electron chi connectivity index (χ3n) is 4.12. The molecule has 1 saturated carbocycles. The summed E-state index contributed by atoms with van der Waals surface area (Å²) in [7, 11) is 0. The van der Waals surface area contributed by atoms with Gasteiger partial charge in [0, 0.05) is 17.4 Å². The molecule has 0 unspecified atom stereocenters. The van der Waals surface area contributed by atoms with Crippen LogP contribution in [-0.4, -0.2) is 18.2 Å². The average Bonchev–Trinajstić information content (AvgIpc) is 2.50. The van der Waals surface area contributed by atoms with Gasteiger partial charge in [-0.2, -0.15) is 0 Å². The second-order valence-corrected chi connectivity index (χ2v) is 5.91. The molecule has 1 aromatic rings. The molecule has 0 saturated heterocycles. The maximum absolute atomic E-state index is 11.4. The number of esters is 1. The molecular formula is C18H22O3. The van der Waals surface area contributed by atoms with Crippen molar-refractivity contribution in [2.24, 2.45) is 11.3 Å². The van der Waals surface area contributed by atoms with Gasteiger partial charge in [-0.25, -0.2) is 4.79 Å². The summed E-state index contributed by atoms with van der Waals surface area (Å²) in [6, 6.07) is 10.0. The summed E-state index contributed by atoms with van der Waals surface area (Å²) in [5.41, 5.74) is 0.884. The second-order valence-electron chi connectivity index (χ2n) is 5.91. The van der Waals surface area contributed by atoms with Crippen LogP contribution in [0.4, 0.5) is 0 Å². The molecule has 112 valence electrons. The minimum Gasteiger partial charge on any atom is -0.458 e. The Kier molecular flexibility index (Phi) is 4.63. The summed E-state index contributed by atoms with van der Waals surface area (Å²) in [6.45, 7) is 11.9. The van der Waals surface area contributed by atoms with Gasteiger partial charge in [0.2, 0.25) is 0 Å². The van der Waals surface area contributed by atoms with Crippen LogP contribution in [0.25, 0.3) is 0 Å². The van der Waals surface area contributed by atoms with Crippen LogP contribution in [0.5, 0.6) is 0 Å². The van der Waals surface area contributed by atoms with Gasteiger partial charge in [-0.05, 0) is 5.56 Å². The van der Waals surface area contributed by atoms with Gasteiger partial charge in [-0.15, -0.1) is 6.58 Å². The third-order valence-corrected chi connectivity index (χ3v) is 4.12. The Morgan fingerprint density at radius 3 is 2.48 bits per heavy atom.